The summed E-state index contributed by atoms with van der Waals surface area (Å²) in [6.07, 6.45) is 1.65. The second kappa shape index (κ2) is 10.4. The van der Waals surface area contributed by atoms with Crippen LogP contribution < -0.4 is 4.74 Å². The van der Waals surface area contributed by atoms with Crippen LogP contribution in [0.25, 0.3) is 5.76 Å². The zero-order chi connectivity index (χ0) is 23.3. The van der Waals surface area contributed by atoms with Crippen LogP contribution in [-0.2, 0) is 9.59 Å². The van der Waals surface area contributed by atoms with Crippen LogP contribution in [0.1, 0.15) is 45.0 Å². The Labute approximate surface area is 189 Å². The van der Waals surface area contributed by atoms with Gasteiger partial charge in [0.05, 0.1) is 17.4 Å². The van der Waals surface area contributed by atoms with Gasteiger partial charge in [0, 0.05) is 24.8 Å². The number of Topliss-reactive ketones (excluding diaryl/α,β-unsaturated/α-hetero) is 1. The maximum absolute atomic E-state index is 13.0. The van der Waals surface area contributed by atoms with Crippen molar-refractivity contribution in [2.45, 2.75) is 39.8 Å². The average molecular weight is 438 g/mol. The molecule has 1 saturated heterocycles. The number of pyridine rings is 1. The van der Waals surface area contributed by atoms with E-state index in [2.05, 4.69) is 23.7 Å². The van der Waals surface area contributed by atoms with E-state index in [9.17, 15) is 14.7 Å². The molecule has 1 aliphatic rings. The third kappa shape index (κ3) is 4.99. The fourth-order valence-electron chi connectivity index (χ4n) is 3.86. The molecule has 1 aliphatic heterocycles. The molecule has 7 nitrogen and oxygen atoms in total. The van der Waals surface area contributed by atoms with Crippen LogP contribution in [0.5, 0.6) is 5.75 Å². The number of ether oxygens (including phenoxy) is 1. The monoisotopic (exact) mass is 437 g/mol. The molecule has 32 heavy (non-hydrogen) atoms. The third-order valence-electron chi connectivity index (χ3n) is 5.56. The number of likely N-dealkylation sites (tertiary alicyclic amines) is 1. The summed E-state index contributed by atoms with van der Waals surface area (Å²) in [5, 5.41) is 11.1. The molecular weight excluding hydrogens is 406 g/mol. The molecule has 1 aromatic heterocycles. The third-order valence-corrected chi connectivity index (χ3v) is 5.56. The van der Waals surface area contributed by atoms with E-state index in [-0.39, 0.29) is 17.4 Å². The van der Waals surface area contributed by atoms with E-state index in [1.54, 1.807) is 42.6 Å². The minimum absolute atomic E-state index is 0.0229. The Kier molecular flexibility index (Phi) is 7.64. The van der Waals surface area contributed by atoms with E-state index in [0.717, 1.165) is 13.1 Å². The Morgan fingerprint density at radius 2 is 1.81 bits per heavy atom. The molecule has 0 radical (unpaired) electrons. The molecule has 7 heteroatoms. The van der Waals surface area contributed by atoms with Gasteiger partial charge in [0.15, 0.2) is 0 Å². The molecule has 1 aromatic carbocycles. The number of benzene rings is 1. The Bertz CT molecular complexity index is 966. The lowest BCUT2D eigenvalue weighted by Gasteiger charge is -2.27. The maximum Gasteiger partial charge on any atom is 0.295 e. The van der Waals surface area contributed by atoms with E-state index in [4.69, 9.17) is 4.74 Å². The largest absolute Gasteiger partial charge is 0.507 e. The molecule has 0 spiro atoms. The number of ketones is 1. The average Bonchev–Trinajstić information content (AvgIpc) is 3.05. The lowest BCUT2D eigenvalue weighted by atomic mass is 9.98. The SMILES string of the molecule is CCN(CC)CCN1C(=O)C(=O)C(=C(O)c2ccc(OC(C)C)cc2)[C@H]1c1ccccn1. The number of carbonyl (C=O) groups excluding carboxylic acids is 2. The summed E-state index contributed by atoms with van der Waals surface area (Å²) in [5.74, 6) is -0.854. The van der Waals surface area contributed by atoms with Crippen molar-refractivity contribution in [2.24, 2.45) is 0 Å². The first kappa shape index (κ1) is 23.5. The number of likely N-dealkylation sites (N-methyl/N-ethyl adjacent to an activating group) is 1. The van der Waals surface area contributed by atoms with Crippen molar-refractivity contribution in [3.8, 4) is 5.75 Å². The molecule has 1 N–H and O–H groups in total. The zero-order valence-corrected chi connectivity index (χ0v) is 19.1. The summed E-state index contributed by atoms with van der Waals surface area (Å²) in [7, 11) is 0. The smallest absolute Gasteiger partial charge is 0.295 e. The van der Waals surface area contributed by atoms with Crippen LogP contribution in [0.4, 0.5) is 0 Å². The van der Waals surface area contributed by atoms with E-state index < -0.39 is 17.7 Å². The first-order valence-electron chi connectivity index (χ1n) is 11.1. The number of hydrogen-bond donors (Lipinski definition) is 1. The fourth-order valence-corrected chi connectivity index (χ4v) is 3.86. The van der Waals surface area contributed by atoms with Gasteiger partial charge in [0.2, 0.25) is 0 Å². The zero-order valence-electron chi connectivity index (χ0n) is 19.1. The number of rotatable bonds is 9. The Morgan fingerprint density at radius 3 is 2.38 bits per heavy atom. The number of aromatic nitrogens is 1. The number of amides is 1. The second-order valence-corrected chi connectivity index (χ2v) is 7.96. The predicted octanol–water partition coefficient (Wildman–Crippen LogP) is 3.63. The highest BCUT2D eigenvalue weighted by molar-refractivity contribution is 6.46. The van der Waals surface area contributed by atoms with Gasteiger partial charge in [-0.05, 0) is 63.3 Å². The van der Waals surface area contributed by atoms with Gasteiger partial charge in [-0.3, -0.25) is 14.6 Å². The van der Waals surface area contributed by atoms with Crippen LogP contribution in [0.3, 0.4) is 0 Å². The van der Waals surface area contributed by atoms with Gasteiger partial charge in [-0.15, -0.1) is 0 Å². The second-order valence-electron chi connectivity index (χ2n) is 7.96. The summed E-state index contributed by atoms with van der Waals surface area (Å²) in [6.45, 7) is 10.7. The van der Waals surface area contributed by atoms with E-state index in [0.29, 0.717) is 30.1 Å². The van der Waals surface area contributed by atoms with E-state index >= 15 is 0 Å². The number of aliphatic hydroxyl groups excluding tert-OH is 1. The Morgan fingerprint density at radius 1 is 1.12 bits per heavy atom. The lowest BCUT2D eigenvalue weighted by molar-refractivity contribution is -0.140. The fraction of sp³-hybridized carbons (Fsp3) is 0.400. The minimum Gasteiger partial charge on any atom is -0.507 e. The summed E-state index contributed by atoms with van der Waals surface area (Å²) >= 11 is 0. The summed E-state index contributed by atoms with van der Waals surface area (Å²) in [4.78, 5) is 34.1. The Balaban J connectivity index is 2.02. The van der Waals surface area contributed by atoms with Gasteiger partial charge in [-0.1, -0.05) is 19.9 Å². The van der Waals surface area contributed by atoms with Crippen molar-refractivity contribution in [1.82, 2.24) is 14.8 Å². The first-order chi connectivity index (χ1) is 15.4. The molecule has 0 unspecified atom stereocenters. The normalized spacial score (nSPS) is 18.1. The van der Waals surface area contributed by atoms with Crippen molar-refractivity contribution in [3.05, 3.63) is 65.5 Å². The van der Waals surface area contributed by atoms with Crippen LogP contribution in [0, 0.1) is 0 Å². The number of aliphatic hydroxyl groups is 1. The van der Waals surface area contributed by atoms with Crippen molar-refractivity contribution in [1.29, 1.82) is 0 Å². The number of hydrogen-bond acceptors (Lipinski definition) is 6. The quantitative estimate of drug-likeness (QED) is 0.366. The molecule has 0 bridgehead atoms. The Hall–Kier alpha value is -3.19. The van der Waals surface area contributed by atoms with Gasteiger partial charge in [0.25, 0.3) is 11.7 Å². The van der Waals surface area contributed by atoms with Crippen LogP contribution >= 0.6 is 0 Å². The van der Waals surface area contributed by atoms with Gasteiger partial charge in [0.1, 0.15) is 17.6 Å². The van der Waals surface area contributed by atoms with Gasteiger partial charge in [-0.25, -0.2) is 0 Å². The molecule has 1 amide bonds. The maximum atomic E-state index is 13.0. The minimum atomic E-state index is -0.738. The van der Waals surface area contributed by atoms with Gasteiger partial charge in [-0.2, -0.15) is 0 Å². The van der Waals surface area contributed by atoms with Crippen LogP contribution in [0.15, 0.2) is 54.2 Å². The van der Waals surface area contributed by atoms with Crippen molar-refractivity contribution in [2.75, 3.05) is 26.2 Å². The molecule has 170 valence electrons. The summed E-state index contributed by atoms with van der Waals surface area (Å²) in [5.41, 5.74) is 1.06. The predicted molar refractivity (Wildman–Crippen MR) is 123 cm³/mol. The highest BCUT2D eigenvalue weighted by atomic mass is 16.5. The molecule has 1 atom stereocenters. The van der Waals surface area contributed by atoms with Crippen molar-refractivity contribution < 1.29 is 19.4 Å². The molecular formula is C25H31N3O4. The molecule has 3 rings (SSSR count). The van der Waals surface area contributed by atoms with Crippen molar-refractivity contribution >= 4 is 17.4 Å². The molecule has 2 aromatic rings. The van der Waals surface area contributed by atoms with Crippen molar-refractivity contribution in [3.63, 3.8) is 0 Å². The molecule has 0 aliphatic carbocycles. The van der Waals surface area contributed by atoms with Crippen LogP contribution in [-0.4, -0.2) is 63.9 Å². The molecule has 2 heterocycles. The number of nitrogens with zero attached hydrogens (tertiary/aromatic N) is 3. The number of carbonyl (C=O) groups is 2. The first-order valence-corrected chi connectivity index (χ1v) is 11.1. The lowest BCUT2D eigenvalue weighted by Crippen LogP contribution is -2.38. The highest BCUT2D eigenvalue weighted by Gasteiger charge is 2.46. The summed E-state index contributed by atoms with van der Waals surface area (Å²) in [6, 6.07) is 11.5. The molecule has 1 fully saturated rings. The standard InChI is InChI=1S/C25H31N3O4/c1-5-27(6-2)15-16-28-22(20-9-7-8-14-26-20)21(24(30)25(28)31)23(29)18-10-12-19(13-11-18)32-17(3)4/h7-14,17,22,29H,5-6,15-16H2,1-4H3/t22-/m1/s1. The van der Waals surface area contributed by atoms with E-state index in [1.807, 2.05) is 19.9 Å². The highest BCUT2D eigenvalue weighted by Crippen LogP contribution is 2.38. The van der Waals surface area contributed by atoms with Gasteiger partial charge >= 0.3 is 0 Å². The van der Waals surface area contributed by atoms with Gasteiger partial charge < -0.3 is 19.6 Å². The van der Waals surface area contributed by atoms with Crippen LogP contribution in [0.2, 0.25) is 0 Å². The van der Waals surface area contributed by atoms with E-state index in [1.165, 1.54) is 4.90 Å². The topological polar surface area (TPSA) is 83.0 Å². The summed E-state index contributed by atoms with van der Waals surface area (Å²) < 4.78 is 5.65. The molecule has 0 saturated carbocycles.